The summed E-state index contributed by atoms with van der Waals surface area (Å²) in [4.78, 5) is 22.4. The van der Waals surface area contributed by atoms with Crippen molar-refractivity contribution in [3.8, 4) is 0 Å². The molecule has 1 aromatic carbocycles. The molecule has 1 amide bonds. The number of benzene rings is 1. The van der Waals surface area contributed by atoms with Crippen molar-refractivity contribution < 1.29 is 14.3 Å². The number of ether oxygens (including phenoxy) is 1. The monoisotopic (exact) mass is 232 g/mol. The molecule has 0 bridgehead atoms. The second-order valence-electron chi connectivity index (χ2n) is 3.18. The standard InChI is InChI=1S/C12H12N2O3/c1-9(8-11(15)17-2)13-14-12(16)10-6-4-3-5-7-10/h3-8H,1-2H3/b9-8+,14-13?. The highest BCUT2D eigenvalue weighted by Crippen LogP contribution is 2.03. The van der Waals surface area contributed by atoms with Gasteiger partial charge in [-0.3, -0.25) is 4.79 Å². The van der Waals surface area contributed by atoms with E-state index in [1.54, 1.807) is 37.3 Å². The van der Waals surface area contributed by atoms with Crippen molar-refractivity contribution in [1.82, 2.24) is 0 Å². The van der Waals surface area contributed by atoms with E-state index >= 15 is 0 Å². The van der Waals surface area contributed by atoms with Crippen LogP contribution in [0.2, 0.25) is 0 Å². The van der Waals surface area contributed by atoms with Crippen LogP contribution in [-0.4, -0.2) is 19.0 Å². The Balaban J connectivity index is 2.69. The van der Waals surface area contributed by atoms with Gasteiger partial charge < -0.3 is 4.74 Å². The lowest BCUT2D eigenvalue weighted by molar-refractivity contribution is -0.134. The van der Waals surface area contributed by atoms with Crippen LogP contribution in [0.1, 0.15) is 17.3 Å². The Labute approximate surface area is 98.8 Å². The van der Waals surface area contributed by atoms with Gasteiger partial charge in [0, 0.05) is 11.6 Å². The van der Waals surface area contributed by atoms with Gasteiger partial charge >= 0.3 is 5.97 Å². The molecule has 0 unspecified atom stereocenters. The van der Waals surface area contributed by atoms with Crippen LogP contribution < -0.4 is 0 Å². The van der Waals surface area contributed by atoms with Gasteiger partial charge in [-0.1, -0.05) is 18.2 Å². The van der Waals surface area contributed by atoms with E-state index in [-0.39, 0.29) is 0 Å². The number of allylic oxidation sites excluding steroid dienone is 1. The minimum Gasteiger partial charge on any atom is -0.466 e. The fourth-order valence-corrected chi connectivity index (χ4v) is 1.02. The zero-order chi connectivity index (χ0) is 12.7. The molecule has 0 aliphatic carbocycles. The Kier molecular flexibility index (Phi) is 4.75. The lowest BCUT2D eigenvalue weighted by Gasteiger charge is -1.93. The summed E-state index contributed by atoms with van der Waals surface area (Å²) in [7, 11) is 1.26. The summed E-state index contributed by atoms with van der Waals surface area (Å²) in [6.07, 6.45) is 1.15. The third-order valence-electron chi connectivity index (χ3n) is 1.85. The molecule has 0 aromatic heterocycles. The van der Waals surface area contributed by atoms with Crippen LogP contribution in [0.4, 0.5) is 0 Å². The topological polar surface area (TPSA) is 68.1 Å². The number of carbonyl (C=O) groups is 2. The average molecular weight is 232 g/mol. The predicted octanol–water partition coefficient (Wildman–Crippen LogP) is 2.36. The van der Waals surface area contributed by atoms with Crippen molar-refractivity contribution in [2.75, 3.05) is 7.11 Å². The molecule has 0 atom stereocenters. The van der Waals surface area contributed by atoms with Gasteiger partial charge in [0.1, 0.15) is 0 Å². The van der Waals surface area contributed by atoms with Crippen LogP contribution in [0, 0.1) is 0 Å². The first-order chi connectivity index (χ1) is 8.13. The van der Waals surface area contributed by atoms with Crippen LogP contribution >= 0.6 is 0 Å². The summed E-state index contributed by atoms with van der Waals surface area (Å²) < 4.78 is 4.41. The molecule has 0 fully saturated rings. The second kappa shape index (κ2) is 6.32. The number of carbonyl (C=O) groups excluding carboxylic acids is 2. The molecule has 0 spiro atoms. The predicted molar refractivity (Wildman–Crippen MR) is 61.4 cm³/mol. The zero-order valence-corrected chi connectivity index (χ0v) is 9.58. The van der Waals surface area contributed by atoms with E-state index in [1.807, 2.05) is 0 Å². The smallest absolute Gasteiger partial charge is 0.332 e. The van der Waals surface area contributed by atoms with E-state index in [2.05, 4.69) is 15.0 Å². The molecule has 5 nitrogen and oxygen atoms in total. The Hall–Kier alpha value is -2.30. The number of nitrogens with zero attached hydrogens (tertiary/aromatic N) is 2. The maximum Gasteiger partial charge on any atom is 0.332 e. The van der Waals surface area contributed by atoms with Gasteiger partial charge in [0.05, 0.1) is 12.8 Å². The minimum atomic E-state index is -0.534. The molecule has 17 heavy (non-hydrogen) atoms. The summed E-state index contributed by atoms with van der Waals surface area (Å²) in [6, 6.07) is 8.55. The number of hydrogen-bond acceptors (Lipinski definition) is 4. The minimum absolute atomic E-state index is 0.307. The van der Waals surface area contributed by atoms with E-state index in [9.17, 15) is 9.59 Å². The van der Waals surface area contributed by atoms with E-state index in [0.717, 1.165) is 6.08 Å². The van der Waals surface area contributed by atoms with Crippen LogP contribution in [0.15, 0.2) is 52.3 Å². The molecular formula is C12H12N2O3. The Bertz CT molecular complexity index is 464. The number of hydrogen-bond donors (Lipinski definition) is 0. The van der Waals surface area contributed by atoms with Crippen molar-refractivity contribution in [2.24, 2.45) is 10.2 Å². The van der Waals surface area contributed by atoms with E-state index < -0.39 is 11.9 Å². The highest BCUT2D eigenvalue weighted by Gasteiger charge is 2.02. The largest absolute Gasteiger partial charge is 0.466 e. The number of rotatable bonds is 3. The van der Waals surface area contributed by atoms with Gasteiger partial charge in [0.15, 0.2) is 0 Å². The molecule has 88 valence electrons. The van der Waals surface area contributed by atoms with Crippen LogP contribution in [0.5, 0.6) is 0 Å². The van der Waals surface area contributed by atoms with E-state index in [4.69, 9.17) is 0 Å². The Morgan fingerprint density at radius 3 is 2.41 bits per heavy atom. The molecule has 0 aliphatic heterocycles. The summed E-state index contributed by atoms with van der Waals surface area (Å²) in [5.41, 5.74) is 0.753. The van der Waals surface area contributed by atoms with Crippen molar-refractivity contribution >= 4 is 11.9 Å². The Morgan fingerprint density at radius 2 is 1.82 bits per heavy atom. The van der Waals surface area contributed by atoms with Crippen molar-refractivity contribution in [3.05, 3.63) is 47.7 Å². The normalized spacial score (nSPS) is 11.5. The van der Waals surface area contributed by atoms with Gasteiger partial charge in [0.25, 0.3) is 5.91 Å². The summed E-state index contributed by atoms with van der Waals surface area (Å²) in [5.74, 6) is -0.989. The zero-order valence-electron chi connectivity index (χ0n) is 9.58. The fraction of sp³-hybridized carbons (Fsp3) is 0.167. The summed E-state index contributed by atoms with van der Waals surface area (Å²) in [6.45, 7) is 1.55. The molecule has 0 saturated carbocycles. The van der Waals surface area contributed by atoms with Crippen molar-refractivity contribution in [2.45, 2.75) is 6.92 Å². The third-order valence-corrected chi connectivity index (χ3v) is 1.85. The highest BCUT2D eigenvalue weighted by molar-refractivity contribution is 5.94. The molecule has 0 aliphatic rings. The highest BCUT2D eigenvalue weighted by atomic mass is 16.5. The van der Waals surface area contributed by atoms with Crippen LogP contribution in [-0.2, 0) is 9.53 Å². The van der Waals surface area contributed by atoms with Crippen molar-refractivity contribution in [1.29, 1.82) is 0 Å². The van der Waals surface area contributed by atoms with E-state index in [0.29, 0.717) is 11.3 Å². The molecular weight excluding hydrogens is 220 g/mol. The quantitative estimate of drug-likeness (QED) is 0.456. The molecule has 0 saturated heterocycles. The maximum absolute atomic E-state index is 11.5. The molecule has 5 heteroatoms. The molecule has 1 rings (SSSR count). The number of amides is 1. The van der Waals surface area contributed by atoms with Crippen molar-refractivity contribution in [3.63, 3.8) is 0 Å². The van der Waals surface area contributed by atoms with Crippen LogP contribution in [0.3, 0.4) is 0 Å². The molecule has 0 N–H and O–H groups in total. The fourth-order valence-electron chi connectivity index (χ4n) is 1.02. The van der Waals surface area contributed by atoms with Crippen LogP contribution in [0.25, 0.3) is 0 Å². The van der Waals surface area contributed by atoms with Gasteiger partial charge in [-0.05, 0) is 19.1 Å². The van der Waals surface area contributed by atoms with Gasteiger partial charge in [-0.15, -0.1) is 5.11 Å². The Morgan fingerprint density at radius 1 is 1.18 bits per heavy atom. The first kappa shape index (κ1) is 12.8. The summed E-state index contributed by atoms with van der Waals surface area (Å²) >= 11 is 0. The number of methoxy groups -OCH3 is 1. The average Bonchev–Trinajstić information content (AvgIpc) is 2.36. The second-order valence-corrected chi connectivity index (χ2v) is 3.18. The first-order valence-electron chi connectivity index (χ1n) is 4.91. The number of azo groups is 1. The maximum atomic E-state index is 11.5. The third kappa shape index (κ3) is 4.38. The SMILES string of the molecule is COC(=O)/C=C(\C)N=NC(=O)c1ccccc1. The number of esters is 1. The summed E-state index contributed by atoms with van der Waals surface area (Å²) in [5, 5.41) is 7.12. The van der Waals surface area contributed by atoms with Gasteiger partial charge in [-0.2, -0.15) is 5.11 Å². The molecule has 1 aromatic rings. The molecule has 0 radical (unpaired) electrons. The molecule has 0 heterocycles. The van der Waals surface area contributed by atoms with Gasteiger partial charge in [0.2, 0.25) is 0 Å². The van der Waals surface area contributed by atoms with E-state index in [1.165, 1.54) is 7.11 Å². The van der Waals surface area contributed by atoms with Gasteiger partial charge in [-0.25, -0.2) is 4.79 Å². The lowest BCUT2D eigenvalue weighted by atomic mass is 10.2. The lowest BCUT2D eigenvalue weighted by Crippen LogP contribution is -1.96. The first-order valence-corrected chi connectivity index (χ1v) is 4.91.